The highest BCUT2D eigenvalue weighted by Gasteiger charge is 2.13. The van der Waals surface area contributed by atoms with Crippen molar-refractivity contribution in [3.63, 3.8) is 0 Å². The molecule has 15 heavy (non-hydrogen) atoms. The maximum absolute atomic E-state index is 11.2. The summed E-state index contributed by atoms with van der Waals surface area (Å²) in [5.74, 6) is -0.287. The first-order valence-electron chi connectivity index (χ1n) is 4.94. The molecule has 80 valence electrons. The number of esters is 1. The minimum Gasteiger partial charge on any atom is -0.467 e. The molecule has 0 amide bonds. The highest BCUT2D eigenvalue weighted by atomic mass is 16.5. The highest BCUT2D eigenvalue weighted by Crippen LogP contribution is 2.01. The van der Waals surface area contributed by atoms with Gasteiger partial charge in [0.1, 0.15) is 6.04 Å². The molecular formula is C12H15NO2. The predicted molar refractivity (Wildman–Crippen MR) is 60.1 cm³/mol. The van der Waals surface area contributed by atoms with Gasteiger partial charge in [-0.05, 0) is 12.0 Å². The SMILES string of the molecule is CCC(/N=C/c1ccccc1)C(=O)OC. The van der Waals surface area contributed by atoms with Crippen molar-refractivity contribution in [3.8, 4) is 0 Å². The molecule has 0 bridgehead atoms. The summed E-state index contributed by atoms with van der Waals surface area (Å²) in [6, 6.07) is 9.28. The molecule has 0 aliphatic rings. The van der Waals surface area contributed by atoms with Crippen LogP contribution in [0.5, 0.6) is 0 Å². The van der Waals surface area contributed by atoms with Crippen molar-refractivity contribution in [2.45, 2.75) is 19.4 Å². The third kappa shape index (κ3) is 3.54. The molecule has 0 aliphatic heterocycles. The molecule has 0 aromatic heterocycles. The van der Waals surface area contributed by atoms with E-state index in [1.165, 1.54) is 7.11 Å². The molecule has 1 aromatic carbocycles. The van der Waals surface area contributed by atoms with Gasteiger partial charge in [0.15, 0.2) is 0 Å². The van der Waals surface area contributed by atoms with Crippen molar-refractivity contribution in [2.24, 2.45) is 4.99 Å². The minimum absolute atomic E-state index is 0.287. The zero-order valence-electron chi connectivity index (χ0n) is 9.01. The van der Waals surface area contributed by atoms with E-state index < -0.39 is 6.04 Å². The van der Waals surface area contributed by atoms with Crippen molar-refractivity contribution in [3.05, 3.63) is 35.9 Å². The lowest BCUT2D eigenvalue weighted by atomic mass is 10.2. The first-order chi connectivity index (χ1) is 7.27. The Labute approximate surface area is 89.8 Å². The second-order valence-corrected chi connectivity index (χ2v) is 3.14. The number of carbonyl (C=O) groups excluding carboxylic acids is 1. The molecule has 3 nitrogen and oxygen atoms in total. The first-order valence-corrected chi connectivity index (χ1v) is 4.94. The Morgan fingerprint density at radius 3 is 2.67 bits per heavy atom. The van der Waals surface area contributed by atoms with E-state index in [1.807, 2.05) is 37.3 Å². The third-order valence-corrected chi connectivity index (χ3v) is 2.06. The van der Waals surface area contributed by atoms with E-state index in [1.54, 1.807) is 6.21 Å². The van der Waals surface area contributed by atoms with Crippen molar-refractivity contribution < 1.29 is 9.53 Å². The Kier molecular flexibility index (Phi) is 4.54. The van der Waals surface area contributed by atoms with E-state index in [0.29, 0.717) is 6.42 Å². The summed E-state index contributed by atoms with van der Waals surface area (Å²) in [5, 5.41) is 0. The second-order valence-electron chi connectivity index (χ2n) is 3.14. The molecule has 1 unspecified atom stereocenters. The summed E-state index contributed by atoms with van der Waals surface area (Å²) in [4.78, 5) is 15.4. The van der Waals surface area contributed by atoms with Gasteiger partial charge in [-0.3, -0.25) is 4.99 Å². The monoisotopic (exact) mass is 205 g/mol. The summed E-state index contributed by atoms with van der Waals surface area (Å²) in [6.07, 6.45) is 2.35. The molecule has 1 atom stereocenters. The van der Waals surface area contributed by atoms with Crippen LogP contribution in [0.15, 0.2) is 35.3 Å². The van der Waals surface area contributed by atoms with Crippen LogP contribution in [0.3, 0.4) is 0 Å². The molecule has 0 saturated heterocycles. The van der Waals surface area contributed by atoms with Crippen LogP contribution in [0, 0.1) is 0 Å². The van der Waals surface area contributed by atoms with Gasteiger partial charge >= 0.3 is 5.97 Å². The van der Waals surface area contributed by atoms with Crippen LogP contribution in [0.1, 0.15) is 18.9 Å². The maximum atomic E-state index is 11.2. The first kappa shape index (κ1) is 11.4. The molecule has 0 heterocycles. The van der Waals surface area contributed by atoms with E-state index in [2.05, 4.69) is 9.73 Å². The van der Waals surface area contributed by atoms with Crippen molar-refractivity contribution in [2.75, 3.05) is 7.11 Å². The Morgan fingerprint density at radius 1 is 1.47 bits per heavy atom. The Hall–Kier alpha value is -1.64. The largest absolute Gasteiger partial charge is 0.467 e. The van der Waals surface area contributed by atoms with E-state index in [4.69, 9.17) is 0 Å². The standard InChI is InChI=1S/C12H15NO2/c1-3-11(12(14)15-2)13-9-10-7-5-4-6-8-10/h4-9,11H,3H2,1-2H3/b13-9+. The number of benzene rings is 1. The van der Waals surface area contributed by atoms with Gasteiger partial charge in [-0.15, -0.1) is 0 Å². The van der Waals surface area contributed by atoms with Gasteiger partial charge in [0.05, 0.1) is 7.11 Å². The zero-order chi connectivity index (χ0) is 11.1. The Balaban J connectivity index is 2.67. The van der Waals surface area contributed by atoms with Gasteiger partial charge in [-0.2, -0.15) is 0 Å². The normalized spacial score (nSPS) is 12.7. The van der Waals surface area contributed by atoms with Crippen LogP contribution in [0.25, 0.3) is 0 Å². The van der Waals surface area contributed by atoms with Crippen LogP contribution in [0.2, 0.25) is 0 Å². The molecule has 1 aromatic rings. The molecule has 0 spiro atoms. The maximum Gasteiger partial charge on any atom is 0.330 e. The second kappa shape index (κ2) is 5.96. The summed E-state index contributed by atoms with van der Waals surface area (Å²) >= 11 is 0. The molecule has 0 N–H and O–H groups in total. The van der Waals surface area contributed by atoms with Gasteiger partial charge < -0.3 is 4.74 Å². The van der Waals surface area contributed by atoms with Crippen LogP contribution < -0.4 is 0 Å². The molecule has 0 aliphatic carbocycles. The number of carbonyl (C=O) groups is 1. The topological polar surface area (TPSA) is 38.7 Å². The van der Waals surface area contributed by atoms with E-state index in [9.17, 15) is 4.79 Å². The van der Waals surface area contributed by atoms with E-state index in [0.717, 1.165) is 5.56 Å². The van der Waals surface area contributed by atoms with E-state index in [-0.39, 0.29) is 5.97 Å². The lowest BCUT2D eigenvalue weighted by molar-refractivity contribution is -0.142. The van der Waals surface area contributed by atoms with Crippen LogP contribution in [-0.4, -0.2) is 25.3 Å². The van der Waals surface area contributed by atoms with Crippen LogP contribution in [-0.2, 0) is 9.53 Å². The summed E-state index contributed by atoms with van der Waals surface area (Å²) in [6.45, 7) is 1.91. The van der Waals surface area contributed by atoms with Crippen molar-refractivity contribution in [1.29, 1.82) is 0 Å². The highest BCUT2D eigenvalue weighted by molar-refractivity contribution is 5.83. The minimum atomic E-state index is -0.393. The fourth-order valence-electron chi connectivity index (χ4n) is 1.18. The van der Waals surface area contributed by atoms with Crippen molar-refractivity contribution in [1.82, 2.24) is 0 Å². The molecular weight excluding hydrogens is 190 g/mol. The molecule has 0 saturated carbocycles. The zero-order valence-corrected chi connectivity index (χ0v) is 9.01. The molecule has 1 rings (SSSR count). The smallest absolute Gasteiger partial charge is 0.330 e. The van der Waals surface area contributed by atoms with Crippen LogP contribution >= 0.6 is 0 Å². The average molecular weight is 205 g/mol. The average Bonchev–Trinajstić information content (AvgIpc) is 2.31. The Morgan fingerprint density at radius 2 is 2.13 bits per heavy atom. The molecule has 0 radical (unpaired) electrons. The predicted octanol–water partition coefficient (Wildman–Crippen LogP) is 2.06. The number of ether oxygens (including phenoxy) is 1. The number of nitrogens with zero attached hydrogens (tertiary/aromatic N) is 1. The number of methoxy groups -OCH3 is 1. The number of rotatable bonds is 4. The Bertz CT molecular complexity index is 333. The summed E-state index contributed by atoms with van der Waals surface area (Å²) in [7, 11) is 1.38. The van der Waals surface area contributed by atoms with E-state index >= 15 is 0 Å². The lowest BCUT2D eigenvalue weighted by Gasteiger charge is -2.06. The fraction of sp³-hybridized carbons (Fsp3) is 0.333. The fourth-order valence-corrected chi connectivity index (χ4v) is 1.18. The summed E-state index contributed by atoms with van der Waals surface area (Å²) < 4.78 is 4.64. The molecule has 3 heteroatoms. The molecule has 0 fully saturated rings. The van der Waals surface area contributed by atoms with Gasteiger partial charge in [0.2, 0.25) is 0 Å². The number of hydrogen-bond donors (Lipinski definition) is 0. The van der Waals surface area contributed by atoms with Gasteiger partial charge in [0.25, 0.3) is 0 Å². The van der Waals surface area contributed by atoms with Gasteiger partial charge in [-0.1, -0.05) is 37.3 Å². The lowest BCUT2D eigenvalue weighted by Crippen LogP contribution is -2.19. The van der Waals surface area contributed by atoms with Crippen molar-refractivity contribution >= 4 is 12.2 Å². The quantitative estimate of drug-likeness (QED) is 0.557. The third-order valence-electron chi connectivity index (χ3n) is 2.06. The number of hydrogen-bond acceptors (Lipinski definition) is 3. The number of aliphatic imine (C=N–C) groups is 1. The van der Waals surface area contributed by atoms with Crippen LogP contribution in [0.4, 0.5) is 0 Å². The summed E-state index contributed by atoms with van der Waals surface area (Å²) in [5.41, 5.74) is 0.986. The van der Waals surface area contributed by atoms with Gasteiger partial charge in [0, 0.05) is 6.21 Å². The van der Waals surface area contributed by atoms with Gasteiger partial charge in [-0.25, -0.2) is 4.79 Å².